The van der Waals surface area contributed by atoms with Crippen LogP contribution in [0.5, 0.6) is 17.2 Å². The fraction of sp³-hybridized carbons (Fsp3) is 0.294. The van der Waals surface area contributed by atoms with E-state index in [0.29, 0.717) is 44.1 Å². The lowest BCUT2D eigenvalue weighted by molar-refractivity contribution is 0.170. The average molecular weight is 811 g/mol. The first-order valence-corrected chi connectivity index (χ1v) is 22.2. The summed E-state index contributed by atoms with van der Waals surface area (Å²) in [5.74, 6) is 2.46. The highest BCUT2D eigenvalue weighted by atomic mass is 32.2. The van der Waals surface area contributed by atoms with E-state index in [-0.39, 0.29) is 17.4 Å². The van der Waals surface area contributed by atoms with Crippen LogP contribution in [-0.4, -0.2) is 45.1 Å². The van der Waals surface area contributed by atoms with Crippen LogP contribution in [0.25, 0.3) is 0 Å². The second kappa shape index (κ2) is 21.6. The van der Waals surface area contributed by atoms with Crippen molar-refractivity contribution in [3.8, 4) is 17.2 Å². The zero-order chi connectivity index (χ0) is 41.5. The Morgan fingerprint density at radius 2 is 1.10 bits per heavy atom. The number of benzene rings is 6. The van der Waals surface area contributed by atoms with E-state index in [1.807, 2.05) is 72.8 Å². The summed E-state index contributed by atoms with van der Waals surface area (Å²) in [6.45, 7) is 11.8. The van der Waals surface area contributed by atoms with Gasteiger partial charge < -0.3 is 14.2 Å². The summed E-state index contributed by atoms with van der Waals surface area (Å²) >= 11 is 0. The van der Waals surface area contributed by atoms with Gasteiger partial charge >= 0.3 is 0 Å². The van der Waals surface area contributed by atoms with Gasteiger partial charge in [-0.15, -0.1) is 0 Å². The maximum absolute atomic E-state index is 13.0. The summed E-state index contributed by atoms with van der Waals surface area (Å²) < 4.78 is 47.3. The van der Waals surface area contributed by atoms with E-state index in [1.54, 1.807) is 24.3 Å². The third-order valence-corrected chi connectivity index (χ3v) is 12.0. The van der Waals surface area contributed by atoms with Crippen molar-refractivity contribution in [3.05, 3.63) is 191 Å². The molecule has 0 aliphatic rings. The monoisotopic (exact) mass is 810 g/mol. The summed E-state index contributed by atoms with van der Waals surface area (Å²) in [5, 5.41) is 0. The molecule has 0 fully saturated rings. The first-order valence-electron chi connectivity index (χ1n) is 20.7. The Morgan fingerprint density at radius 3 is 1.71 bits per heavy atom. The number of nitrogens with one attached hydrogen (secondary N) is 1. The maximum Gasteiger partial charge on any atom is 0.240 e. The lowest BCUT2D eigenvalue weighted by atomic mass is 9.86. The zero-order valence-corrected chi connectivity index (χ0v) is 35.6. The molecule has 8 heteroatoms. The van der Waals surface area contributed by atoms with Gasteiger partial charge in [-0.05, 0) is 117 Å². The zero-order valence-electron chi connectivity index (χ0n) is 34.8. The van der Waals surface area contributed by atoms with Gasteiger partial charge in [0.25, 0.3) is 0 Å². The number of sulfonamides is 1. The summed E-state index contributed by atoms with van der Waals surface area (Å²) in [6, 6.07) is 52.8. The van der Waals surface area contributed by atoms with Crippen LogP contribution in [0.15, 0.2) is 163 Å². The van der Waals surface area contributed by atoms with Crippen molar-refractivity contribution in [1.29, 1.82) is 0 Å². The molecule has 0 aliphatic carbocycles. The Balaban J connectivity index is 1.05. The Morgan fingerprint density at radius 1 is 0.559 bits per heavy atom. The normalized spacial score (nSPS) is 12.2. The van der Waals surface area contributed by atoms with Crippen LogP contribution in [0.4, 0.5) is 0 Å². The van der Waals surface area contributed by atoms with Gasteiger partial charge in [-0.3, -0.25) is 4.90 Å². The number of nitrogens with zero attached hydrogens (tertiary/aromatic N) is 1. The van der Waals surface area contributed by atoms with Gasteiger partial charge in [-0.1, -0.05) is 115 Å². The van der Waals surface area contributed by atoms with Crippen LogP contribution in [0.1, 0.15) is 73.4 Å². The SMILES string of the molecule is CC(C)N(CC[C@H](c1ccccc1)c1cc(CCOc2ccc(CCNS(=O)(=O)c3ccc(OCc4ccccc4)cc3)cc2)ccc1OCc1ccccc1)C(C)C. The van der Waals surface area contributed by atoms with Crippen molar-refractivity contribution in [2.24, 2.45) is 0 Å². The minimum Gasteiger partial charge on any atom is -0.493 e. The molecule has 0 aliphatic heterocycles. The van der Waals surface area contributed by atoms with Crippen LogP contribution < -0.4 is 18.9 Å². The van der Waals surface area contributed by atoms with E-state index in [2.05, 4.69) is 98.0 Å². The highest BCUT2D eigenvalue weighted by molar-refractivity contribution is 7.89. The number of hydrogen-bond acceptors (Lipinski definition) is 6. The second-order valence-electron chi connectivity index (χ2n) is 15.5. The van der Waals surface area contributed by atoms with Crippen molar-refractivity contribution in [2.45, 2.75) is 83.1 Å². The van der Waals surface area contributed by atoms with Crippen LogP contribution in [0, 0.1) is 0 Å². The Kier molecular flexibility index (Phi) is 15.8. The Hall–Kier alpha value is -5.41. The van der Waals surface area contributed by atoms with Gasteiger partial charge in [0.1, 0.15) is 30.5 Å². The smallest absolute Gasteiger partial charge is 0.240 e. The van der Waals surface area contributed by atoms with Gasteiger partial charge in [0.2, 0.25) is 10.0 Å². The first-order chi connectivity index (χ1) is 28.6. The number of hydrogen-bond donors (Lipinski definition) is 1. The molecule has 308 valence electrons. The molecule has 0 radical (unpaired) electrons. The molecule has 0 unspecified atom stereocenters. The molecule has 1 atom stereocenters. The van der Waals surface area contributed by atoms with E-state index in [0.717, 1.165) is 47.6 Å². The summed E-state index contributed by atoms with van der Waals surface area (Å²) in [5.41, 5.74) is 6.87. The lowest BCUT2D eigenvalue weighted by Crippen LogP contribution is -2.38. The van der Waals surface area contributed by atoms with Gasteiger partial charge in [0.15, 0.2) is 0 Å². The summed E-state index contributed by atoms with van der Waals surface area (Å²) in [4.78, 5) is 2.76. The largest absolute Gasteiger partial charge is 0.493 e. The highest BCUT2D eigenvalue weighted by Crippen LogP contribution is 2.36. The van der Waals surface area contributed by atoms with Gasteiger partial charge in [-0.25, -0.2) is 13.1 Å². The van der Waals surface area contributed by atoms with E-state index < -0.39 is 10.0 Å². The van der Waals surface area contributed by atoms with Crippen LogP contribution >= 0.6 is 0 Å². The number of ether oxygens (including phenoxy) is 3. The summed E-state index contributed by atoms with van der Waals surface area (Å²) in [6.07, 6.45) is 2.25. The minimum absolute atomic E-state index is 0.158. The highest BCUT2D eigenvalue weighted by Gasteiger charge is 2.23. The van der Waals surface area contributed by atoms with Gasteiger partial charge in [-0.2, -0.15) is 0 Å². The molecule has 0 heterocycles. The predicted molar refractivity (Wildman–Crippen MR) is 239 cm³/mol. The fourth-order valence-electron chi connectivity index (χ4n) is 7.38. The Labute approximate surface area is 352 Å². The van der Waals surface area contributed by atoms with Crippen LogP contribution in [0.3, 0.4) is 0 Å². The molecule has 0 saturated heterocycles. The van der Waals surface area contributed by atoms with Crippen molar-refractivity contribution < 1.29 is 22.6 Å². The third-order valence-electron chi connectivity index (χ3n) is 10.6. The van der Waals surface area contributed by atoms with Crippen LogP contribution in [0.2, 0.25) is 0 Å². The molecule has 0 spiro atoms. The first kappa shape index (κ1) is 43.2. The minimum atomic E-state index is -3.66. The van der Waals surface area contributed by atoms with Crippen molar-refractivity contribution in [3.63, 3.8) is 0 Å². The van der Waals surface area contributed by atoms with Gasteiger partial charge in [0, 0.05) is 36.5 Å². The van der Waals surface area contributed by atoms with Crippen LogP contribution in [-0.2, 0) is 36.1 Å². The molecular formula is C51H58N2O5S. The average Bonchev–Trinajstić information content (AvgIpc) is 3.25. The molecular weight excluding hydrogens is 753 g/mol. The maximum atomic E-state index is 13.0. The van der Waals surface area contributed by atoms with Gasteiger partial charge in [0.05, 0.1) is 11.5 Å². The van der Waals surface area contributed by atoms with Crippen molar-refractivity contribution in [2.75, 3.05) is 19.7 Å². The number of rotatable bonds is 22. The molecule has 7 nitrogen and oxygen atoms in total. The molecule has 0 amide bonds. The molecule has 0 saturated carbocycles. The molecule has 6 aromatic rings. The molecule has 1 N–H and O–H groups in total. The third kappa shape index (κ3) is 13.0. The van der Waals surface area contributed by atoms with Crippen molar-refractivity contribution >= 4 is 10.0 Å². The quantitative estimate of drug-likeness (QED) is 0.0736. The second-order valence-corrected chi connectivity index (χ2v) is 17.2. The van der Waals surface area contributed by atoms with E-state index in [1.165, 1.54) is 16.7 Å². The topological polar surface area (TPSA) is 77.1 Å². The lowest BCUT2D eigenvalue weighted by Gasteiger charge is -2.32. The molecule has 0 bridgehead atoms. The molecule has 6 aromatic carbocycles. The predicted octanol–water partition coefficient (Wildman–Crippen LogP) is 10.6. The molecule has 0 aromatic heterocycles. The fourth-order valence-corrected chi connectivity index (χ4v) is 8.41. The molecule has 6 rings (SSSR count). The van der Waals surface area contributed by atoms with E-state index >= 15 is 0 Å². The van der Waals surface area contributed by atoms with E-state index in [9.17, 15) is 8.42 Å². The summed E-state index contributed by atoms with van der Waals surface area (Å²) in [7, 11) is -3.66. The Bertz CT molecular complexity index is 2240. The molecule has 59 heavy (non-hydrogen) atoms. The van der Waals surface area contributed by atoms with E-state index in [4.69, 9.17) is 14.2 Å². The van der Waals surface area contributed by atoms with Crippen molar-refractivity contribution in [1.82, 2.24) is 9.62 Å². The standard InChI is InChI=1S/C51H58N2O5S/c1-39(2)53(40(3)4)34-31-49(45-18-12-7-13-19-45)50-36-42(22-29-51(50)58-38-44-16-10-6-11-17-44)32-35-56-46-23-20-41(21-24-46)30-33-52-59(54,55)48-27-25-47(26-28-48)57-37-43-14-8-5-9-15-43/h5-29,36,39-40,49,52H,30-35,37-38H2,1-4H3/t49-/m1/s1.